The van der Waals surface area contributed by atoms with Crippen molar-refractivity contribution in [2.75, 3.05) is 39.4 Å². The van der Waals surface area contributed by atoms with E-state index in [9.17, 15) is 4.79 Å². The molecule has 0 aromatic rings. The molecule has 0 aromatic carbocycles. The molecule has 0 aliphatic carbocycles. The number of hydrogen-bond acceptors (Lipinski definition) is 4. The van der Waals surface area contributed by atoms with E-state index in [-0.39, 0.29) is 36.8 Å². The fraction of sp³-hybridized carbons (Fsp3) is 0.909. The summed E-state index contributed by atoms with van der Waals surface area (Å²) >= 11 is 0. The molecule has 0 radical (unpaired) electrons. The van der Waals surface area contributed by atoms with Crippen molar-refractivity contribution in [2.24, 2.45) is 5.73 Å². The molecule has 2 atom stereocenters. The highest BCUT2D eigenvalue weighted by atomic mass is 35.5. The maximum atomic E-state index is 11.7. The summed E-state index contributed by atoms with van der Waals surface area (Å²) in [5.74, 6) is 0.0794. The van der Waals surface area contributed by atoms with Gasteiger partial charge in [-0.1, -0.05) is 0 Å². The van der Waals surface area contributed by atoms with E-state index in [1.54, 1.807) is 6.92 Å². The molecule has 2 fully saturated rings. The molecule has 2 heterocycles. The number of amides is 1. The van der Waals surface area contributed by atoms with Crippen LogP contribution >= 0.6 is 24.8 Å². The quantitative estimate of drug-likeness (QED) is 0.786. The molecule has 0 bridgehead atoms. The highest BCUT2D eigenvalue weighted by Gasteiger charge is 2.31. The van der Waals surface area contributed by atoms with Gasteiger partial charge >= 0.3 is 0 Å². The molecule has 18 heavy (non-hydrogen) atoms. The van der Waals surface area contributed by atoms with Gasteiger partial charge in [-0.15, -0.1) is 24.8 Å². The fourth-order valence-corrected chi connectivity index (χ4v) is 2.47. The number of halogens is 2. The van der Waals surface area contributed by atoms with Crippen molar-refractivity contribution in [2.45, 2.75) is 25.4 Å². The smallest absolute Gasteiger partial charge is 0.239 e. The van der Waals surface area contributed by atoms with Crippen molar-refractivity contribution < 1.29 is 9.53 Å². The lowest BCUT2D eigenvalue weighted by Gasteiger charge is -2.32. The van der Waals surface area contributed by atoms with E-state index in [0.29, 0.717) is 6.04 Å². The molecular weight excluding hydrogens is 277 g/mol. The van der Waals surface area contributed by atoms with Crippen LogP contribution in [-0.2, 0) is 9.53 Å². The topological polar surface area (TPSA) is 58.8 Å². The predicted octanol–water partition coefficient (Wildman–Crippen LogP) is 0.110. The monoisotopic (exact) mass is 299 g/mol. The Kier molecular flexibility index (Phi) is 8.14. The zero-order valence-electron chi connectivity index (χ0n) is 10.7. The maximum Gasteiger partial charge on any atom is 0.239 e. The van der Waals surface area contributed by atoms with E-state index >= 15 is 0 Å². The molecule has 0 saturated carbocycles. The minimum Gasteiger partial charge on any atom is -0.379 e. The molecule has 2 rings (SSSR count). The molecule has 1 unspecified atom stereocenters. The first kappa shape index (κ1) is 17.9. The van der Waals surface area contributed by atoms with E-state index in [1.807, 2.05) is 4.90 Å². The zero-order chi connectivity index (χ0) is 11.5. The van der Waals surface area contributed by atoms with Crippen LogP contribution in [0.5, 0.6) is 0 Å². The molecule has 2 aliphatic rings. The number of ether oxygens (including phenoxy) is 1. The van der Waals surface area contributed by atoms with Crippen LogP contribution in [0.2, 0.25) is 0 Å². The van der Waals surface area contributed by atoms with E-state index in [1.165, 1.54) is 0 Å². The van der Waals surface area contributed by atoms with Crippen molar-refractivity contribution in [1.82, 2.24) is 9.80 Å². The highest BCUT2D eigenvalue weighted by molar-refractivity contribution is 5.85. The average Bonchev–Trinajstić information content (AvgIpc) is 2.78. The van der Waals surface area contributed by atoms with E-state index in [4.69, 9.17) is 10.5 Å². The third-order valence-corrected chi connectivity index (χ3v) is 3.43. The number of rotatable bonds is 2. The first-order valence-corrected chi connectivity index (χ1v) is 6.04. The van der Waals surface area contributed by atoms with Crippen LogP contribution in [0, 0.1) is 0 Å². The third kappa shape index (κ3) is 4.24. The van der Waals surface area contributed by atoms with Crippen LogP contribution in [0.1, 0.15) is 13.3 Å². The van der Waals surface area contributed by atoms with Crippen molar-refractivity contribution >= 4 is 30.7 Å². The van der Waals surface area contributed by atoms with Crippen molar-refractivity contribution in [3.63, 3.8) is 0 Å². The molecule has 5 nitrogen and oxygen atoms in total. The number of nitrogens with zero attached hydrogens (tertiary/aromatic N) is 2. The van der Waals surface area contributed by atoms with E-state index in [0.717, 1.165) is 45.8 Å². The molecule has 0 spiro atoms. The van der Waals surface area contributed by atoms with Gasteiger partial charge in [0.25, 0.3) is 0 Å². The SMILES string of the molecule is C[C@@H](N)C(=O)N1CCC(N2CCOCC2)C1.Cl.Cl. The lowest BCUT2D eigenvalue weighted by molar-refractivity contribution is -0.131. The molecule has 2 aliphatic heterocycles. The number of carbonyl (C=O) groups is 1. The van der Waals surface area contributed by atoms with Crippen LogP contribution in [-0.4, -0.2) is 67.2 Å². The fourth-order valence-electron chi connectivity index (χ4n) is 2.47. The Hall–Kier alpha value is -0.0700. The summed E-state index contributed by atoms with van der Waals surface area (Å²) in [6, 6.07) is 0.134. The summed E-state index contributed by atoms with van der Waals surface area (Å²) in [6.45, 7) is 7.05. The summed E-state index contributed by atoms with van der Waals surface area (Å²) in [4.78, 5) is 16.1. The van der Waals surface area contributed by atoms with E-state index in [2.05, 4.69) is 4.90 Å². The van der Waals surface area contributed by atoms with Gasteiger partial charge < -0.3 is 15.4 Å². The summed E-state index contributed by atoms with van der Waals surface area (Å²) < 4.78 is 5.33. The molecule has 2 saturated heterocycles. The number of hydrogen-bond donors (Lipinski definition) is 1. The second-order valence-electron chi connectivity index (χ2n) is 4.66. The Bertz CT molecular complexity index is 261. The van der Waals surface area contributed by atoms with Gasteiger partial charge in [-0.25, -0.2) is 0 Å². The highest BCUT2D eigenvalue weighted by Crippen LogP contribution is 2.17. The van der Waals surface area contributed by atoms with Gasteiger partial charge in [0.2, 0.25) is 5.91 Å². The normalized spacial score (nSPS) is 26.1. The standard InChI is InChI=1S/C11H21N3O2.2ClH/c1-9(12)11(15)14-3-2-10(8-14)13-4-6-16-7-5-13;;/h9-10H,2-8,12H2,1H3;2*1H/t9-,10?;;/m1../s1. The Morgan fingerprint density at radius 1 is 1.28 bits per heavy atom. The molecule has 2 N–H and O–H groups in total. The first-order valence-electron chi connectivity index (χ1n) is 6.04. The van der Waals surface area contributed by atoms with Crippen LogP contribution < -0.4 is 5.73 Å². The van der Waals surface area contributed by atoms with Crippen LogP contribution in [0.15, 0.2) is 0 Å². The molecule has 0 aromatic heterocycles. The minimum atomic E-state index is -0.372. The van der Waals surface area contributed by atoms with Gasteiger partial charge in [0.1, 0.15) is 0 Å². The van der Waals surface area contributed by atoms with Gasteiger partial charge in [0.05, 0.1) is 19.3 Å². The lowest BCUT2D eigenvalue weighted by Crippen LogP contribution is -2.46. The van der Waals surface area contributed by atoms with Gasteiger partial charge in [-0.2, -0.15) is 0 Å². The second-order valence-corrected chi connectivity index (χ2v) is 4.66. The van der Waals surface area contributed by atoms with Gasteiger partial charge in [0, 0.05) is 32.2 Å². The van der Waals surface area contributed by atoms with Crippen LogP contribution in [0.3, 0.4) is 0 Å². The van der Waals surface area contributed by atoms with Crippen LogP contribution in [0.4, 0.5) is 0 Å². The predicted molar refractivity (Wildman–Crippen MR) is 75.5 cm³/mol. The Labute approximate surface area is 121 Å². The lowest BCUT2D eigenvalue weighted by atomic mass is 10.2. The number of carbonyl (C=O) groups excluding carboxylic acids is 1. The van der Waals surface area contributed by atoms with Crippen molar-refractivity contribution in [3.8, 4) is 0 Å². The summed E-state index contributed by atoms with van der Waals surface area (Å²) in [5, 5.41) is 0. The maximum absolute atomic E-state index is 11.7. The summed E-state index contributed by atoms with van der Waals surface area (Å²) in [7, 11) is 0. The number of likely N-dealkylation sites (tertiary alicyclic amines) is 1. The summed E-state index contributed by atoms with van der Waals surface area (Å²) in [5.41, 5.74) is 5.61. The molecular formula is C11H23Cl2N3O2. The van der Waals surface area contributed by atoms with Crippen LogP contribution in [0.25, 0.3) is 0 Å². The Morgan fingerprint density at radius 2 is 1.89 bits per heavy atom. The third-order valence-electron chi connectivity index (χ3n) is 3.43. The Balaban J connectivity index is 0.00000144. The summed E-state index contributed by atoms with van der Waals surface area (Å²) in [6.07, 6.45) is 1.07. The minimum absolute atomic E-state index is 0. The van der Waals surface area contributed by atoms with Gasteiger partial charge in [-0.3, -0.25) is 9.69 Å². The molecule has 108 valence electrons. The number of nitrogens with two attached hydrogens (primary N) is 1. The number of morpholine rings is 1. The Morgan fingerprint density at radius 3 is 2.44 bits per heavy atom. The van der Waals surface area contributed by atoms with E-state index < -0.39 is 0 Å². The largest absolute Gasteiger partial charge is 0.379 e. The van der Waals surface area contributed by atoms with Crippen molar-refractivity contribution in [3.05, 3.63) is 0 Å². The zero-order valence-corrected chi connectivity index (χ0v) is 12.3. The molecule has 7 heteroatoms. The molecule has 1 amide bonds. The van der Waals surface area contributed by atoms with Gasteiger partial charge in [0.15, 0.2) is 0 Å². The van der Waals surface area contributed by atoms with Crippen molar-refractivity contribution in [1.29, 1.82) is 0 Å². The first-order chi connectivity index (χ1) is 7.68. The second kappa shape index (κ2) is 8.17. The average molecular weight is 300 g/mol. The van der Waals surface area contributed by atoms with Gasteiger partial charge in [-0.05, 0) is 13.3 Å².